The number of benzene rings is 1. The van der Waals surface area contributed by atoms with Crippen molar-refractivity contribution in [1.82, 2.24) is 14.9 Å². The standard InChI is InChI=1S/C19H25N3O2/c1-4-22-16-9-6-5-8-15(16)21-19(22)14(3)20-13(2)12-17(23)18-10-7-11-24-18/h5-11,13-14,17,20,23H,4,12H2,1-3H3. The number of fused-ring (bicyclic) bond motifs is 1. The lowest BCUT2D eigenvalue weighted by molar-refractivity contribution is 0.126. The quantitative estimate of drug-likeness (QED) is 0.692. The van der Waals surface area contributed by atoms with E-state index in [-0.39, 0.29) is 12.1 Å². The maximum absolute atomic E-state index is 10.2. The minimum Gasteiger partial charge on any atom is -0.467 e. The van der Waals surface area contributed by atoms with E-state index in [0.717, 1.165) is 23.4 Å². The number of aryl methyl sites for hydroxylation is 1. The topological polar surface area (TPSA) is 63.2 Å². The van der Waals surface area contributed by atoms with Crippen LogP contribution in [0.5, 0.6) is 0 Å². The fraction of sp³-hybridized carbons (Fsp3) is 0.421. The molecule has 1 aromatic carbocycles. The average molecular weight is 327 g/mol. The fourth-order valence-electron chi connectivity index (χ4n) is 3.26. The molecule has 2 N–H and O–H groups in total. The molecule has 0 saturated carbocycles. The van der Waals surface area contributed by atoms with Crippen molar-refractivity contribution in [3.05, 3.63) is 54.2 Å². The lowest BCUT2D eigenvalue weighted by Gasteiger charge is -2.22. The summed E-state index contributed by atoms with van der Waals surface area (Å²) >= 11 is 0. The summed E-state index contributed by atoms with van der Waals surface area (Å²) in [4.78, 5) is 4.78. The van der Waals surface area contributed by atoms with Gasteiger partial charge in [-0.2, -0.15) is 0 Å². The van der Waals surface area contributed by atoms with Crippen molar-refractivity contribution < 1.29 is 9.52 Å². The summed E-state index contributed by atoms with van der Waals surface area (Å²) in [7, 11) is 0. The molecule has 0 radical (unpaired) electrons. The van der Waals surface area contributed by atoms with Crippen molar-refractivity contribution in [3.63, 3.8) is 0 Å². The van der Waals surface area contributed by atoms with Gasteiger partial charge in [-0.05, 0) is 51.5 Å². The second kappa shape index (κ2) is 7.20. The predicted octanol–water partition coefficient (Wildman–Crippen LogP) is 3.81. The van der Waals surface area contributed by atoms with Gasteiger partial charge in [0.2, 0.25) is 0 Å². The Labute approximate surface area is 142 Å². The predicted molar refractivity (Wildman–Crippen MR) is 94.7 cm³/mol. The number of hydrogen-bond donors (Lipinski definition) is 2. The van der Waals surface area contributed by atoms with Crippen molar-refractivity contribution in [2.24, 2.45) is 0 Å². The monoisotopic (exact) mass is 327 g/mol. The number of furan rings is 1. The van der Waals surface area contributed by atoms with E-state index in [1.165, 1.54) is 0 Å². The molecule has 0 aliphatic rings. The molecule has 5 heteroatoms. The molecule has 2 aromatic heterocycles. The van der Waals surface area contributed by atoms with E-state index in [2.05, 4.69) is 36.7 Å². The van der Waals surface area contributed by atoms with Gasteiger partial charge in [0.25, 0.3) is 0 Å². The fourth-order valence-corrected chi connectivity index (χ4v) is 3.26. The second-order valence-electron chi connectivity index (χ2n) is 6.26. The zero-order valence-electron chi connectivity index (χ0n) is 14.4. The summed E-state index contributed by atoms with van der Waals surface area (Å²) in [6.07, 6.45) is 1.58. The molecule has 0 bridgehead atoms. The molecule has 0 saturated heterocycles. The van der Waals surface area contributed by atoms with Crippen LogP contribution in [-0.2, 0) is 6.54 Å². The van der Waals surface area contributed by atoms with Crippen molar-refractivity contribution in [2.45, 2.75) is 51.9 Å². The third-order valence-electron chi connectivity index (χ3n) is 4.37. The summed E-state index contributed by atoms with van der Waals surface area (Å²) in [6.45, 7) is 7.20. The Bertz CT molecular complexity index is 779. The number of imidazole rings is 1. The van der Waals surface area contributed by atoms with Crippen LogP contribution in [0.15, 0.2) is 47.1 Å². The molecule has 2 heterocycles. The van der Waals surface area contributed by atoms with Gasteiger partial charge in [0.1, 0.15) is 17.7 Å². The van der Waals surface area contributed by atoms with Gasteiger partial charge in [0, 0.05) is 12.6 Å². The van der Waals surface area contributed by atoms with Crippen LogP contribution in [-0.4, -0.2) is 20.7 Å². The van der Waals surface area contributed by atoms with Crippen LogP contribution in [0.2, 0.25) is 0 Å². The van der Waals surface area contributed by atoms with Gasteiger partial charge >= 0.3 is 0 Å². The van der Waals surface area contributed by atoms with Crippen molar-refractivity contribution in [2.75, 3.05) is 0 Å². The molecule has 3 atom stereocenters. The molecule has 0 amide bonds. The highest BCUT2D eigenvalue weighted by Gasteiger charge is 2.20. The molecule has 3 aromatic rings. The zero-order valence-corrected chi connectivity index (χ0v) is 14.4. The van der Waals surface area contributed by atoms with Crippen LogP contribution in [0, 0.1) is 0 Å². The molecular weight excluding hydrogens is 302 g/mol. The number of aromatic nitrogens is 2. The van der Waals surface area contributed by atoms with Crippen LogP contribution in [0.25, 0.3) is 11.0 Å². The van der Waals surface area contributed by atoms with Gasteiger partial charge in [-0.1, -0.05) is 12.1 Å². The Morgan fingerprint density at radius 3 is 2.71 bits per heavy atom. The summed E-state index contributed by atoms with van der Waals surface area (Å²) in [5.41, 5.74) is 2.18. The normalized spacial score (nSPS) is 15.5. The highest BCUT2D eigenvalue weighted by atomic mass is 16.4. The molecule has 0 spiro atoms. The van der Waals surface area contributed by atoms with Crippen LogP contribution >= 0.6 is 0 Å². The minimum atomic E-state index is -0.598. The first-order valence-corrected chi connectivity index (χ1v) is 8.52. The smallest absolute Gasteiger partial charge is 0.132 e. The van der Waals surface area contributed by atoms with Crippen molar-refractivity contribution in [1.29, 1.82) is 0 Å². The molecule has 24 heavy (non-hydrogen) atoms. The van der Waals surface area contributed by atoms with Gasteiger partial charge in [-0.3, -0.25) is 0 Å². The summed E-state index contributed by atoms with van der Waals surface area (Å²) in [5.74, 6) is 1.63. The Balaban J connectivity index is 1.71. The van der Waals surface area contributed by atoms with E-state index in [9.17, 15) is 5.11 Å². The number of aliphatic hydroxyl groups is 1. The van der Waals surface area contributed by atoms with Crippen LogP contribution < -0.4 is 5.32 Å². The summed E-state index contributed by atoms with van der Waals surface area (Å²) in [5, 5.41) is 13.8. The second-order valence-corrected chi connectivity index (χ2v) is 6.26. The Morgan fingerprint density at radius 2 is 2.00 bits per heavy atom. The minimum absolute atomic E-state index is 0.0937. The van der Waals surface area contributed by atoms with Gasteiger partial charge in [0.15, 0.2) is 0 Å². The number of aliphatic hydroxyl groups excluding tert-OH is 1. The van der Waals surface area contributed by atoms with E-state index >= 15 is 0 Å². The maximum Gasteiger partial charge on any atom is 0.132 e. The molecule has 3 unspecified atom stereocenters. The molecule has 3 rings (SSSR count). The number of nitrogens with zero attached hydrogens (tertiary/aromatic N) is 2. The first kappa shape index (κ1) is 16.7. The van der Waals surface area contributed by atoms with Crippen LogP contribution in [0.3, 0.4) is 0 Å². The Hall–Kier alpha value is -2.11. The van der Waals surface area contributed by atoms with Gasteiger partial charge < -0.3 is 19.4 Å². The van der Waals surface area contributed by atoms with E-state index in [1.54, 1.807) is 18.4 Å². The molecule has 128 valence electrons. The highest BCUT2D eigenvalue weighted by molar-refractivity contribution is 5.76. The first-order valence-electron chi connectivity index (χ1n) is 8.52. The van der Waals surface area contributed by atoms with Gasteiger partial charge in [-0.15, -0.1) is 0 Å². The largest absolute Gasteiger partial charge is 0.467 e. The number of rotatable bonds is 7. The highest BCUT2D eigenvalue weighted by Crippen LogP contribution is 2.23. The van der Waals surface area contributed by atoms with Crippen LogP contribution in [0.1, 0.15) is 50.9 Å². The SMILES string of the molecule is CCn1c(C(C)NC(C)CC(O)c2ccco2)nc2ccccc21. The average Bonchev–Trinajstić information content (AvgIpc) is 3.22. The number of hydrogen-bond acceptors (Lipinski definition) is 4. The molecule has 0 fully saturated rings. The van der Waals surface area contributed by atoms with Gasteiger partial charge in [-0.25, -0.2) is 4.98 Å². The maximum atomic E-state index is 10.2. The third-order valence-corrected chi connectivity index (χ3v) is 4.37. The van der Waals surface area contributed by atoms with E-state index in [0.29, 0.717) is 12.2 Å². The molecule has 0 aliphatic heterocycles. The van der Waals surface area contributed by atoms with E-state index < -0.39 is 6.10 Å². The zero-order chi connectivity index (χ0) is 17.1. The summed E-state index contributed by atoms with van der Waals surface area (Å²) < 4.78 is 7.51. The number of nitrogens with one attached hydrogen (secondary N) is 1. The Kier molecular flexibility index (Phi) is 5.02. The molecule has 5 nitrogen and oxygen atoms in total. The Morgan fingerprint density at radius 1 is 1.21 bits per heavy atom. The van der Waals surface area contributed by atoms with Crippen molar-refractivity contribution >= 4 is 11.0 Å². The van der Waals surface area contributed by atoms with Crippen molar-refractivity contribution in [3.8, 4) is 0 Å². The third kappa shape index (κ3) is 3.37. The lowest BCUT2D eigenvalue weighted by atomic mass is 10.1. The molecular formula is C19H25N3O2. The van der Waals surface area contributed by atoms with Gasteiger partial charge in [0.05, 0.1) is 23.3 Å². The van der Waals surface area contributed by atoms with E-state index in [1.807, 2.05) is 18.2 Å². The summed E-state index contributed by atoms with van der Waals surface area (Å²) in [6, 6.07) is 12.0. The lowest BCUT2D eigenvalue weighted by Crippen LogP contribution is -2.32. The first-order chi connectivity index (χ1) is 11.6. The van der Waals surface area contributed by atoms with Crippen LogP contribution in [0.4, 0.5) is 0 Å². The molecule has 0 aliphatic carbocycles. The van der Waals surface area contributed by atoms with E-state index in [4.69, 9.17) is 9.40 Å². The number of para-hydroxylation sites is 2.